The van der Waals surface area contributed by atoms with Gasteiger partial charge in [-0.25, -0.2) is 0 Å². The van der Waals surface area contributed by atoms with Crippen molar-refractivity contribution in [2.45, 2.75) is 373 Å². The van der Waals surface area contributed by atoms with E-state index in [1.807, 2.05) is 0 Å². The quantitative estimate of drug-likeness (QED) is 0.0420. The SMILES string of the molecule is CC/C=C\C/C=C\C/C=C\C/C=C\C/C=C\CCCCCCCCCCCCCCCCCCCCCCCCCCCC(=O)NC(CO)C(O)CCCCCCCCCCCCCCCCCCCCCCC. The molecule has 0 aromatic carbocycles. The van der Waals surface area contributed by atoms with Gasteiger partial charge in [-0.1, -0.05) is 357 Å². The highest BCUT2D eigenvalue weighted by atomic mass is 16.3. The maximum Gasteiger partial charge on any atom is 0.220 e. The largest absolute Gasteiger partial charge is 0.394 e. The minimum absolute atomic E-state index is 0.0239. The predicted molar refractivity (Wildman–Crippen MR) is 331 cm³/mol. The topological polar surface area (TPSA) is 69.6 Å². The molecule has 2 unspecified atom stereocenters. The number of unbranched alkanes of at least 4 members (excludes halogenated alkanes) is 45. The third-order valence-corrected chi connectivity index (χ3v) is 15.5. The Morgan fingerprint density at radius 3 is 0.892 bits per heavy atom. The predicted octanol–water partition coefficient (Wildman–Crippen LogP) is 22.7. The van der Waals surface area contributed by atoms with Crippen molar-refractivity contribution in [2.24, 2.45) is 0 Å². The second-order valence-corrected chi connectivity index (χ2v) is 22.9. The van der Waals surface area contributed by atoms with Crippen LogP contribution in [0.15, 0.2) is 60.8 Å². The van der Waals surface area contributed by atoms with Crippen LogP contribution < -0.4 is 5.32 Å². The van der Waals surface area contributed by atoms with Crippen molar-refractivity contribution in [3.8, 4) is 0 Å². The molecular formula is C70H131NO3. The minimum Gasteiger partial charge on any atom is -0.394 e. The van der Waals surface area contributed by atoms with Crippen molar-refractivity contribution in [3.05, 3.63) is 60.8 Å². The molecular weight excluding hydrogens is 903 g/mol. The van der Waals surface area contributed by atoms with Crippen LogP contribution in [0.3, 0.4) is 0 Å². The molecule has 0 saturated heterocycles. The Balaban J connectivity index is 3.38. The van der Waals surface area contributed by atoms with Crippen LogP contribution >= 0.6 is 0 Å². The second-order valence-electron chi connectivity index (χ2n) is 22.9. The van der Waals surface area contributed by atoms with Crippen LogP contribution in [0.25, 0.3) is 0 Å². The van der Waals surface area contributed by atoms with E-state index in [9.17, 15) is 15.0 Å². The van der Waals surface area contributed by atoms with Gasteiger partial charge < -0.3 is 15.5 Å². The molecule has 0 aliphatic rings. The van der Waals surface area contributed by atoms with Crippen LogP contribution in [0, 0.1) is 0 Å². The van der Waals surface area contributed by atoms with Gasteiger partial charge in [0.25, 0.3) is 0 Å². The number of aliphatic hydroxyl groups is 2. The summed E-state index contributed by atoms with van der Waals surface area (Å²) < 4.78 is 0. The lowest BCUT2D eigenvalue weighted by atomic mass is 10.0. The highest BCUT2D eigenvalue weighted by molar-refractivity contribution is 5.76. The normalized spacial score (nSPS) is 13.1. The van der Waals surface area contributed by atoms with Gasteiger partial charge in [-0.3, -0.25) is 4.79 Å². The van der Waals surface area contributed by atoms with Crippen molar-refractivity contribution in [1.82, 2.24) is 5.32 Å². The zero-order valence-electron chi connectivity index (χ0n) is 50.1. The third kappa shape index (κ3) is 60.9. The molecule has 0 bridgehead atoms. The maximum atomic E-state index is 12.5. The number of amides is 1. The number of aliphatic hydroxyl groups excluding tert-OH is 2. The van der Waals surface area contributed by atoms with Crippen molar-refractivity contribution in [3.63, 3.8) is 0 Å². The number of carbonyl (C=O) groups is 1. The van der Waals surface area contributed by atoms with E-state index in [2.05, 4.69) is 79.9 Å². The fourth-order valence-electron chi connectivity index (χ4n) is 10.5. The van der Waals surface area contributed by atoms with Crippen LogP contribution in [-0.4, -0.2) is 34.9 Å². The molecule has 4 nitrogen and oxygen atoms in total. The molecule has 1 amide bonds. The Hall–Kier alpha value is -1.91. The average molecular weight is 1030 g/mol. The van der Waals surface area contributed by atoms with Crippen LogP contribution in [0.5, 0.6) is 0 Å². The molecule has 0 fully saturated rings. The Morgan fingerprint density at radius 1 is 0.338 bits per heavy atom. The minimum atomic E-state index is -0.659. The van der Waals surface area contributed by atoms with E-state index in [1.165, 1.54) is 276 Å². The monoisotopic (exact) mass is 1030 g/mol. The van der Waals surface area contributed by atoms with Crippen molar-refractivity contribution in [1.29, 1.82) is 0 Å². The lowest BCUT2D eigenvalue weighted by molar-refractivity contribution is -0.123. The fourth-order valence-corrected chi connectivity index (χ4v) is 10.5. The summed E-state index contributed by atoms with van der Waals surface area (Å²) in [4.78, 5) is 12.5. The van der Waals surface area contributed by atoms with Gasteiger partial charge in [0, 0.05) is 6.42 Å². The molecule has 434 valence electrons. The molecule has 74 heavy (non-hydrogen) atoms. The summed E-state index contributed by atoms with van der Waals surface area (Å²) in [5, 5.41) is 23.4. The van der Waals surface area contributed by atoms with Crippen molar-refractivity contribution >= 4 is 5.91 Å². The maximum absolute atomic E-state index is 12.5. The average Bonchev–Trinajstić information content (AvgIpc) is 3.40. The van der Waals surface area contributed by atoms with E-state index in [-0.39, 0.29) is 12.5 Å². The van der Waals surface area contributed by atoms with Gasteiger partial charge in [0.05, 0.1) is 18.8 Å². The lowest BCUT2D eigenvalue weighted by Crippen LogP contribution is -2.45. The van der Waals surface area contributed by atoms with E-state index >= 15 is 0 Å². The van der Waals surface area contributed by atoms with E-state index in [1.54, 1.807) is 0 Å². The first-order valence-electron chi connectivity index (χ1n) is 33.5. The molecule has 4 heteroatoms. The van der Waals surface area contributed by atoms with Crippen LogP contribution in [0.4, 0.5) is 0 Å². The van der Waals surface area contributed by atoms with Gasteiger partial charge in [0.2, 0.25) is 5.91 Å². The Bertz CT molecular complexity index is 1220. The van der Waals surface area contributed by atoms with Gasteiger partial charge in [0.1, 0.15) is 0 Å². The van der Waals surface area contributed by atoms with E-state index in [0.29, 0.717) is 12.8 Å². The zero-order chi connectivity index (χ0) is 53.4. The van der Waals surface area contributed by atoms with Crippen molar-refractivity contribution < 1.29 is 15.0 Å². The first-order valence-corrected chi connectivity index (χ1v) is 33.5. The summed E-state index contributed by atoms with van der Waals surface area (Å²) in [6, 6.07) is -0.536. The summed E-state index contributed by atoms with van der Waals surface area (Å²) in [5.74, 6) is -0.0239. The van der Waals surface area contributed by atoms with Crippen LogP contribution in [0.1, 0.15) is 361 Å². The number of hydrogen-bond acceptors (Lipinski definition) is 3. The molecule has 0 aromatic rings. The third-order valence-electron chi connectivity index (χ3n) is 15.5. The first kappa shape index (κ1) is 72.1. The molecule has 3 N–H and O–H groups in total. The van der Waals surface area contributed by atoms with Crippen LogP contribution in [-0.2, 0) is 4.79 Å². The number of nitrogens with one attached hydrogen (secondary N) is 1. The summed E-state index contributed by atoms with van der Waals surface area (Å²) >= 11 is 0. The van der Waals surface area contributed by atoms with Crippen molar-refractivity contribution in [2.75, 3.05) is 6.61 Å². The summed E-state index contributed by atoms with van der Waals surface area (Å²) in [5.41, 5.74) is 0. The van der Waals surface area contributed by atoms with E-state index in [4.69, 9.17) is 0 Å². The number of hydrogen-bond donors (Lipinski definition) is 3. The molecule has 0 aromatic heterocycles. The van der Waals surface area contributed by atoms with E-state index in [0.717, 1.165) is 57.8 Å². The lowest BCUT2D eigenvalue weighted by Gasteiger charge is -2.22. The molecule has 0 radical (unpaired) electrons. The number of carbonyl (C=O) groups excluding carboxylic acids is 1. The van der Waals surface area contributed by atoms with Gasteiger partial charge in [-0.05, 0) is 57.8 Å². The Morgan fingerprint density at radius 2 is 0.595 bits per heavy atom. The zero-order valence-corrected chi connectivity index (χ0v) is 50.1. The summed E-state index contributed by atoms with van der Waals surface area (Å²) in [7, 11) is 0. The molecule has 0 aliphatic heterocycles. The van der Waals surface area contributed by atoms with Crippen LogP contribution in [0.2, 0.25) is 0 Å². The molecule has 0 aliphatic carbocycles. The summed E-state index contributed by atoms with van der Waals surface area (Å²) in [6.45, 7) is 4.28. The standard InChI is InChI=1S/C70H131NO3/c1-3-5-7-9-11-13-15-17-19-21-23-25-26-27-28-29-30-31-32-33-34-35-36-37-38-39-40-41-42-43-44-46-48-50-52-54-56-58-60-62-64-66-70(74)71-68(67-72)69(73)65-63-61-59-57-55-53-51-49-47-45-24-22-20-18-16-14-12-10-8-6-4-2/h5,7,11,13,17,19,23,25,27-28,68-69,72-73H,3-4,6,8-10,12,14-16,18,20-22,24,26,29-67H2,1-2H3,(H,71,74)/b7-5-,13-11-,19-17-,25-23-,28-27-. The number of rotatable bonds is 62. The molecule has 0 spiro atoms. The fraction of sp³-hybridized carbons (Fsp3) is 0.843. The van der Waals surface area contributed by atoms with Gasteiger partial charge in [-0.15, -0.1) is 0 Å². The molecule has 2 atom stereocenters. The van der Waals surface area contributed by atoms with Gasteiger partial charge in [-0.2, -0.15) is 0 Å². The van der Waals surface area contributed by atoms with Gasteiger partial charge in [0.15, 0.2) is 0 Å². The number of allylic oxidation sites excluding steroid dienone is 10. The second kappa shape index (κ2) is 65.4. The van der Waals surface area contributed by atoms with E-state index < -0.39 is 12.1 Å². The highest BCUT2D eigenvalue weighted by Crippen LogP contribution is 2.19. The highest BCUT2D eigenvalue weighted by Gasteiger charge is 2.20. The molecule has 0 heterocycles. The van der Waals surface area contributed by atoms with Gasteiger partial charge >= 0.3 is 0 Å². The Labute approximate surface area is 464 Å². The molecule has 0 rings (SSSR count). The Kier molecular flexibility index (Phi) is 63.7. The first-order chi connectivity index (χ1) is 36.7. The smallest absolute Gasteiger partial charge is 0.220 e. The summed E-state index contributed by atoms with van der Waals surface area (Å²) in [6.07, 6.45) is 92.7. The molecule has 0 saturated carbocycles.